The number of hydrogen-bond donors (Lipinski definition) is 2. The number of alkyl halides is 2. The van der Waals surface area contributed by atoms with Crippen LogP contribution >= 0.6 is 7.82 Å². The smallest absolute Gasteiger partial charge is 0.461 e. The van der Waals surface area contributed by atoms with Gasteiger partial charge in [-0.2, -0.15) is 13.8 Å². The number of halogens is 3. The Hall–Kier alpha value is -3.30. The summed E-state index contributed by atoms with van der Waals surface area (Å²) in [4.78, 5) is 41.1. The summed E-state index contributed by atoms with van der Waals surface area (Å²) in [6.45, 7) is 7.05. The number of carbonyl (C=O) groups excluding carboxylic acids is 2. The van der Waals surface area contributed by atoms with E-state index in [0.717, 1.165) is 0 Å². The maximum atomic E-state index is 15.2. The van der Waals surface area contributed by atoms with Gasteiger partial charge < -0.3 is 24.4 Å². The fraction of sp³-hybridized carbons (Fsp3) is 0.586. The second-order valence-electron chi connectivity index (χ2n) is 10.9. The SMILES string of the molecule is CCCC(CCC)C(=O)Nc1nc(=O)n([C@@H]2O[C@H](COP(=O)(Oc3ccccc3)O[C@@H](C)C(=O)OC(C)C)[C@@H](O)C2(F)F)cc1F. The summed E-state index contributed by atoms with van der Waals surface area (Å²) in [5.41, 5.74) is -1.41. The van der Waals surface area contributed by atoms with Crippen molar-refractivity contribution in [2.45, 2.75) is 96.9 Å². The first kappa shape index (κ1) is 37.2. The highest BCUT2D eigenvalue weighted by Gasteiger charge is 2.60. The number of benzene rings is 1. The highest BCUT2D eigenvalue weighted by molar-refractivity contribution is 7.49. The van der Waals surface area contributed by atoms with E-state index < -0.39 is 86.1 Å². The first-order chi connectivity index (χ1) is 21.6. The summed E-state index contributed by atoms with van der Waals surface area (Å²) in [5, 5.41) is 12.7. The number of nitrogens with one attached hydrogen (secondary N) is 1. The average molecular weight is 678 g/mol. The van der Waals surface area contributed by atoms with E-state index in [2.05, 4.69) is 10.3 Å². The minimum Gasteiger partial charge on any atom is -0.461 e. The number of rotatable bonds is 16. The molecular formula is C29H39F3N3O10P. The molecule has 1 aromatic heterocycles. The van der Waals surface area contributed by atoms with Crippen LogP contribution in [0.5, 0.6) is 5.75 Å². The van der Waals surface area contributed by atoms with Crippen LogP contribution in [0.1, 0.15) is 66.5 Å². The summed E-state index contributed by atoms with van der Waals surface area (Å²) in [5.74, 6) is -8.23. The third kappa shape index (κ3) is 9.38. The Labute approximate surface area is 264 Å². The molecule has 13 nitrogen and oxygen atoms in total. The molecule has 2 heterocycles. The largest absolute Gasteiger partial charge is 0.530 e. The molecule has 1 aliphatic heterocycles. The molecule has 256 valence electrons. The van der Waals surface area contributed by atoms with Gasteiger partial charge in [0.1, 0.15) is 11.9 Å². The molecule has 1 aromatic carbocycles. The molecule has 1 fully saturated rings. The van der Waals surface area contributed by atoms with Crippen molar-refractivity contribution in [3.05, 3.63) is 52.8 Å². The average Bonchev–Trinajstić information content (AvgIpc) is 3.21. The van der Waals surface area contributed by atoms with Crippen molar-refractivity contribution >= 4 is 25.5 Å². The standard InChI is InChI=1S/C29H39F3N3O10P/c1-6-11-19(12-7-2)25(37)33-24-21(30)15-35(28(39)34-24)27-29(31,32)23(36)22(43-27)16-41-46(40,45-20-13-9-8-10-14-20)44-18(5)26(38)42-17(3)4/h8-10,13-15,17-19,22-23,27,36H,6-7,11-12,16H2,1-5H3,(H,33,34,37,39)/t18-,22+,23+,27+,46?/m0/s1. The lowest BCUT2D eigenvalue weighted by Gasteiger charge is -2.23. The zero-order valence-electron chi connectivity index (χ0n) is 26.1. The van der Waals surface area contributed by atoms with E-state index in [1.807, 2.05) is 13.8 Å². The van der Waals surface area contributed by atoms with Gasteiger partial charge in [-0.15, -0.1) is 0 Å². The van der Waals surface area contributed by atoms with E-state index in [9.17, 15) is 28.4 Å². The Bertz CT molecular complexity index is 1440. The third-order valence-corrected chi connectivity index (χ3v) is 8.23. The third-order valence-electron chi connectivity index (χ3n) is 6.75. The van der Waals surface area contributed by atoms with E-state index >= 15 is 8.78 Å². The number of esters is 1. The quantitative estimate of drug-likeness (QED) is 0.182. The van der Waals surface area contributed by atoms with Crippen molar-refractivity contribution in [1.82, 2.24) is 9.55 Å². The minimum absolute atomic E-state index is 0.0256. The first-order valence-electron chi connectivity index (χ1n) is 14.8. The van der Waals surface area contributed by atoms with Crippen LogP contribution in [-0.4, -0.2) is 63.5 Å². The molecule has 2 N–H and O–H groups in total. The molecule has 1 aliphatic rings. The van der Waals surface area contributed by atoms with Crippen LogP contribution in [0.15, 0.2) is 41.3 Å². The van der Waals surface area contributed by atoms with Gasteiger partial charge in [0.05, 0.1) is 18.9 Å². The monoisotopic (exact) mass is 677 g/mol. The van der Waals surface area contributed by atoms with Crippen molar-refractivity contribution in [3.8, 4) is 5.75 Å². The first-order valence-corrected chi connectivity index (χ1v) is 16.3. The van der Waals surface area contributed by atoms with E-state index in [4.69, 9.17) is 23.0 Å². The number of aliphatic hydroxyl groups is 1. The molecule has 3 rings (SSSR count). The molecule has 1 unspecified atom stereocenters. The molecule has 0 aliphatic carbocycles. The Kier molecular flexibility index (Phi) is 12.9. The Morgan fingerprint density at radius 1 is 1.15 bits per heavy atom. The molecule has 0 saturated carbocycles. The van der Waals surface area contributed by atoms with Gasteiger partial charge in [0, 0.05) is 5.92 Å². The summed E-state index contributed by atoms with van der Waals surface area (Å²) in [7, 11) is -4.78. The number of para-hydroxylation sites is 1. The molecule has 0 spiro atoms. The van der Waals surface area contributed by atoms with E-state index in [1.54, 1.807) is 19.9 Å². The van der Waals surface area contributed by atoms with Gasteiger partial charge in [0.2, 0.25) is 12.1 Å². The summed E-state index contributed by atoms with van der Waals surface area (Å²) in [6.07, 6.45) is -6.44. The van der Waals surface area contributed by atoms with Crippen LogP contribution in [0, 0.1) is 11.7 Å². The number of aromatic nitrogens is 2. The highest BCUT2D eigenvalue weighted by Crippen LogP contribution is 2.52. The zero-order chi connectivity index (χ0) is 34.2. The number of aliphatic hydroxyl groups excluding tert-OH is 1. The summed E-state index contributed by atoms with van der Waals surface area (Å²) in [6, 6.07) is 7.45. The fourth-order valence-corrected chi connectivity index (χ4v) is 5.89. The van der Waals surface area contributed by atoms with Gasteiger partial charge in [-0.3, -0.25) is 18.4 Å². The van der Waals surface area contributed by atoms with Gasteiger partial charge in [-0.25, -0.2) is 18.5 Å². The molecular weight excluding hydrogens is 638 g/mol. The van der Waals surface area contributed by atoms with Crippen LogP contribution in [0.25, 0.3) is 0 Å². The van der Waals surface area contributed by atoms with Gasteiger partial charge in [0.15, 0.2) is 23.8 Å². The normalized spacial score (nSPS) is 21.2. The van der Waals surface area contributed by atoms with Crippen LogP contribution in [0.3, 0.4) is 0 Å². The maximum Gasteiger partial charge on any atom is 0.530 e. The second-order valence-corrected chi connectivity index (χ2v) is 12.5. The van der Waals surface area contributed by atoms with Crippen LogP contribution in [0.2, 0.25) is 0 Å². The molecule has 0 bridgehead atoms. The molecule has 0 radical (unpaired) electrons. The number of ether oxygens (including phenoxy) is 2. The molecule has 46 heavy (non-hydrogen) atoms. The van der Waals surface area contributed by atoms with Crippen LogP contribution in [0.4, 0.5) is 19.0 Å². The number of nitrogens with zero attached hydrogens (tertiary/aromatic N) is 2. The second kappa shape index (κ2) is 16.0. The van der Waals surface area contributed by atoms with Crippen molar-refractivity contribution in [3.63, 3.8) is 0 Å². The van der Waals surface area contributed by atoms with E-state index in [0.29, 0.717) is 31.9 Å². The van der Waals surface area contributed by atoms with Gasteiger partial charge >= 0.3 is 25.4 Å². The number of carbonyl (C=O) groups is 2. The molecule has 5 atom stereocenters. The molecule has 2 aromatic rings. The number of hydrogen-bond acceptors (Lipinski definition) is 11. The lowest BCUT2D eigenvalue weighted by molar-refractivity contribution is -0.156. The maximum absolute atomic E-state index is 15.2. The molecule has 17 heteroatoms. The number of phosphoric ester groups is 1. The Morgan fingerprint density at radius 3 is 2.37 bits per heavy atom. The number of amides is 1. The van der Waals surface area contributed by atoms with Gasteiger partial charge in [0.25, 0.3) is 0 Å². The van der Waals surface area contributed by atoms with Crippen molar-refractivity contribution in [1.29, 1.82) is 0 Å². The minimum atomic E-state index is -4.78. The number of anilines is 1. The number of phosphoric acid groups is 1. The topological polar surface area (TPSA) is 165 Å². The Morgan fingerprint density at radius 2 is 1.78 bits per heavy atom. The summed E-state index contributed by atoms with van der Waals surface area (Å²) < 4.78 is 85.2. The van der Waals surface area contributed by atoms with Crippen molar-refractivity contribution in [2.75, 3.05) is 11.9 Å². The lowest BCUT2D eigenvalue weighted by Crippen LogP contribution is -2.42. The molecule has 1 amide bonds. The van der Waals surface area contributed by atoms with Crippen LogP contribution < -0.4 is 15.5 Å². The van der Waals surface area contributed by atoms with E-state index in [-0.39, 0.29) is 10.3 Å². The van der Waals surface area contributed by atoms with Crippen molar-refractivity contribution < 1.29 is 55.5 Å². The van der Waals surface area contributed by atoms with Gasteiger partial charge in [-0.05, 0) is 45.7 Å². The van der Waals surface area contributed by atoms with Crippen molar-refractivity contribution in [2.24, 2.45) is 5.92 Å². The van der Waals surface area contributed by atoms with Gasteiger partial charge in [-0.1, -0.05) is 44.9 Å². The Balaban J connectivity index is 1.81. The highest BCUT2D eigenvalue weighted by atomic mass is 31.2. The van der Waals surface area contributed by atoms with Crippen LogP contribution in [-0.2, 0) is 32.7 Å². The van der Waals surface area contributed by atoms with E-state index in [1.165, 1.54) is 31.2 Å². The lowest BCUT2D eigenvalue weighted by atomic mass is 9.97. The summed E-state index contributed by atoms with van der Waals surface area (Å²) >= 11 is 0. The molecule has 1 saturated heterocycles. The fourth-order valence-electron chi connectivity index (χ4n) is 4.55. The zero-order valence-corrected chi connectivity index (χ0v) is 27.0. The predicted molar refractivity (Wildman–Crippen MR) is 158 cm³/mol. The predicted octanol–water partition coefficient (Wildman–Crippen LogP) is 4.99.